The van der Waals surface area contributed by atoms with Gasteiger partial charge in [0.25, 0.3) is 0 Å². The van der Waals surface area contributed by atoms with Crippen molar-refractivity contribution >= 4 is 47.8 Å². The van der Waals surface area contributed by atoms with Crippen LogP contribution in [0.4, 0.5) is 9.59 Å². The number of hydrogen-bond acceptors (Lipinski definition) is 23. The molecular weight excluding hydrogens is 1140 g/mol. The number of unbranched alkanes of at least 4 members (excludes halogenated alkanes) is 1. The van der Waals surface area contributed by atoms with Gasteiger partial charge in [0.15, 0.2) is 23.1 Å². The third-order valence-electron chi connectivity index (χ3n) is 17.5. The predicted octanol–water partition coefficient (Wildman–Crippen LogP) is 2.22. The number of carbonyl (C=O) groups excluding carboxylic acids is 8. The Morgan fingerprint density at radius 3 is 2.07 bits per heavy atom. The molecule has 3 unspecified atom stereocenters. The third kappa shape index (κ3) is 15.2. The van der Waals surface area contributed by atoms with Crippen LogP contribution in [0, 0.1) is 22.7 Å². The molecule has 0 spiro atoms. The van der Waals surface area contributed by atoms with Gasteiger partial charge >= 0.3 is 36.1 Å². The molecule has 1 aliphatic heterocycles. The molecule has 3 aliphatic carbocycles. The number of Topliss-reactive ketones (excluding diaryl/α,β-unsaturated/α-hetero) is 1. The van der Waals surface area contributed by atoms with Gasteiger partial charge in [0, 0.05) is 44.8 Å². The molecular formula is C61H88N4O22. The Kier molecular flexibility index (Phi) is 23.1. The molecule has 4 fully saturated rings. The fourth-order valence-corrected chi connectivity index (χ4v) is 12.9. The van der Waals surface area contributed by atoms with Crippen LogP contribution in [-0.4, -0.2) is 216 Å². The first-order valence-corrected chi connectivity index (χ1v) is 29.3. The minimum absolute atomic E-state index is 0.0394. The minimum atomic E-state index is -3.04. The van der Waals surface area contributed by atoms with Crippen LogP contribution in [0.5, 0.6) is 0 Å². The maximum absolute atomic E-state index is 15.4. The number of benzene rings is 2. The van der Waals surface area contributed by atoms with Gasteiger partial charge < -0.3 is 84.1 Å². The molecule has 0 radical (unpaired) electrons. The fourth-order valence-electron chi connectivity index (χ4n) is 12.9. The molecule has 0 aromatic heterocycles. The van der Waals surface area contributed by atoms with Crippen molar-refractivity contribution in [3.05, 3.63) is 71.8 Å². The van der Waals surface area contributed by atoms with Gasteiger partial charge in [-0.25, -0.2) is 19.2 Å². The topological polar surface area (TPSA) is 360 Å². The van der Waals surface area contributed by atoms with E-state index in [1.165, 1.54) is 83.2 Å². The number of ketones is 1. The minimum Gasteiger partial charge on any atom is -0.459 e. The second-order valence-electron chi connectivity index (χ2n) is 24.9. The summed E-state index contributed by atoms with van der Waals surface area (Å²) in [4.78, 5) is 111. The third-order valence-corrected chi connectivity index (χ3v) is 17.5. The van der Waals surface area contributed by atoms with Gasteiger partial charge in [-0.05, 0) is 77.6 Å². The quantitative estimate of drug-likeness (QED) is 0.0380. The summed E-state index contributed by atoms with van der Waals surface area (Å²) in [6, 6.07) is 12.8. The van der Waals surface area contributed by atoms with Gasteiger partial charge in [-0.3, -0.25) is 24.1 Å². The first kappa shape index (κ1) is 69.7. The van der Waals surface area contributed by atoms with Crippen molar-refractivity contribution in [2.45, 2.75) is 172 Å². The fraction of sp³-hybridized carbons (Fsp3) is 0.672. The summed E-state index contributed by atoms with van der Waals surface area (Å²) in [6.07, 6.45) is -15.0. The molecule has 26 nitrogen and oxygen atoms in total. The Balaban J connectivity index is 1.30. The number of carbonyl (C=O) groups is 8. The molecule has 1 saturated heterocycles. The average molecular weight is 1230 g/mol. The van der Waals surface area contributed by atoms with Crippen LogP contribution >= 0.6 is 0 Å². The predicted molar refractivity (Wildman–Crippen MR) is 306 cm³/mol. The number of aliphatic hydroxyl groups excluding tert-OH is 3. The number of nitrogens with zero attached hydrogens (tertiary/aromatic N) is 1. The molecule has 87 heavy (non-hydrogen) atoms. The summed E-state index contributed by atoms with van der Waals surface area (Å²) in [7, 11) is 2.93. The van der Waals surface area contributed by atoms with E-state index in [2.05, 4.69) is 16.0 Å². The van der Waals surface area contributed by atoms with Crippen LogP contribution in [-0.2, 0) is 66.6 Å². The van der Waals surface area contributed by atoms with Crippen LogP contribution in [0.1, 0.15) is 116 Å². The molecule has 15 atom stereocenters. The lowest BCUT2D eigenvalue weighted by Crippen LogP contribution is -2.92. The van der Waals surface area contributed by atoms with E-state index < -0.39 is 168 Å². The number of nitrogens with one attached hydrogen (secondary N) is 3. The Morgan fingerprint density at radius 1 is 0.828 bits per heavy atom. The van der Waals surface area contributed by atoms with E-state index in [-0.39, 0.29) is 49.5 Å². The molecule has 6 rings (SSSR count). The van der Waals surface area contributed by atoms with E-state index in [4.69, 9.17) is 42.6 Å². The van der Waals surface area contributed by atoms with Gasteiger partial charge in [0.2, 0.25) is 12.0 Å². The molecule has 2 bridgehead atoms. The van der Waals surface area contributed by atoms with Crippen LogP contribution in [0.3, 0.4) is 0 Å². The number of methoxy groups -OCH3 is 1. The Bertz CT molecular complexity index is 2730. The Hall–Kier alpha value is -6.36. The Labute approximate surface area is 506 Å². The van der Waals surface area contributed by atoms with Crippen molar-refractivity contribution < 1.29 is 107 Å². The second-order valence-corrected chi connectivity index (χ2v) is 24.9. The van der Waals surface area contributed by atoms with Crippen molar-refractivity contribution in [2.75, 3.05) is 66.8 Å². The number of rotatable bonds is 26. The van der Waals surface area contributed by atoms with Gasteiger partial charge in [-0.1, -0.05) is 76.2 Å². The van der Waals surface area contributed by atoms with Gasteiger partial charge in [0.05, 0.1) is 74.8 Å². The van der Waals surface area contributed by atoms with Crippen molar-refractivity contribution in [3.8, 4) is 0 Å². The SMILES string of the molecule is COCCOCCOC(=O)NCCCCC(NC(=O)CN(C)CC(=O)O[C@@H](C(=O)OC1C[C@@]2(O)[C@@H](OC(=O)c3ccccc3)[C@@]3(O)[C@](C)([C@H](O)[C@H](O)C([C@@H]1C)C2(C)C)[C@@H](O)C[C@H]1OC[C@]13OC(C)=O)[C@@H](NC(=O)OC(C)(C)C)c1ccccc1)C(C)=O. The monoisotopic (exact) mass is 1230 g/mol. The van der Waals surface area contributed by atoms with Crippen LogP contribution in [0.25, 0.3) is 0 Å². The first-order chi connectivity index (χ1) is 40.8. The molecule has 1 heterocycles. The summed E-state index contributed by atoms with van der Waals surface area (Å²) in [5.74, 6) is -7.99. The number of esters is 4. The molecule has 4 aliphatic rings. The molecule has 8 N–H and O–H groups in total. The van der Waals surface area contributed by atoms with Crippen molar-refractivity contribution in [3.63, 3.8) is 0 Å². The molecule has 2 aromatic rings. The first-order valence-electron chi connectivity index (χ1n) is 29.3. The van der Waals surface area contributed by atoms with Crippen LogP contribution in [0.2, 0.25) is 0 Å². The number of alkyl carbamates (subject to hydrolysis) is 2. The van der Waals surface area contributed by atoms with E-state index in [9.17, 15) is 59.1 Å². The van der Waals surface area contributed by atoms with Crippen LogP contribution < -0.4 is 16.0 Å². The number of hydrogen-bond donors (Lipinski definition) is 8. The summed E-state index contributed by atoms with van der Waals surface area (Å²) in [6.45, 7) is 12.4. The lowest BCUT2D eigenvalue weighted by molar-refractivity contribution is -0.432. The zero-order chi connectivity index (χ0) is 64.5. The standard InChI is InChI=1S/C61H88N4O22/c1-35-41(31-59(77)53(85-51(73)39-22-16-13-17-23-39)61(78)58(9,50(72)48(71)46(35)57(59,7)8)42(68)30-43-60(61,34-82-43)86-37(3)67)83-52(74)49(47(38-20-14-12-15-21-38)64-55(76)87-56(4,5)6)84-45(70)33-65(10)32-44(69)63-40(36(2)66)24-18-19-25-62-54(75)81-29-28-80-27-26-79-11/h12-17,20-23,35,40-43,46-50,53,68,71-72,77-78H,18-19,24-34H2,1-11H3,(H,62,75)(H,63,69)(H,64,76)/t35-,40?,41?,42+,43-,46?,47+,48-,49-,50-,53-,58+,59-,60+,61-/m1/s1. The highest BCUT2D eigenvalue weighted by atomic mass is 16.7. The molecule has 3 amide bonds. The lowest BCUT2D eigenvalue weighted by Gasteiger charge is -2.73. The van der Waals surface area contributed by atoms with Crippen molar-refractivity contribution in [1.82, 2.24) is 20.9 Å². The van der Waals surface area contributed by atoms with E-state index >= 15 is 4.79 Å². The number of aliphatic hydroxyl groups is 5. The van der Waals surface area contributed by atoms with E-state index in [1.807, 2.05) is 0 Å². The normalized spacial score (nSPS) is 29.9. The van der Waals surface area contributed by atoms with Gasteiger partial charge in [-0.2, -0.15) is 0 Å². The summed E-state index contributed by atoms with van der Waals surface area (Å²) >= 11 is 0. The molecule has 2 aromatic carbocycles. The summed E-state index contributed by atoms with van der Waals surface area (Å²) in [5.41, 5.74) is -13.1. The van der Waals surface area contributed by atoms with E-state index in [1.54, 1.807) is 52.0 Å². The summed E-state index contributed by atoms with van der Waals surface area (Å²) < 4.78 is 51.3. The van der Waals surface area contributed by atoms with Gasteiger partial charge in [-0.15, -0.1) is 0 Å². The maximum Gasteiger partial charge on any atom is 0.408 e. The highest BCUT2D eigenvalue weighted by Gasteiger charge is 2.86. The summed E-state index contributed by atoms with van der Waals surface area (Å²) in [5, 5.41) is 73.4. The van der Waals surface area contributed by atoms with Gasteiger partial charge in [0.1, 0.15) is 36.1 Å². The van der Waals surface area contributed by atoms with E-state index in [0.717, 1.165) is 6.92 Å². The van der Waals surface area contributed by atoms with Crippen LogP contribution in [0.15, 0.2) is 60.7 Å². The maximum atomic E-state index is 15.4. The highest BCUT2D eigenvalue weighted by Crippen LogP contribution is 2.67. The number of ether oxygens (including phenoxy) is 9. The van der Waals surface area contributed by atoms with E-state index in [0.29, 0.717) is 26.1 Å². The molecule has 484 valence electrons. The number of likely N-dealkylation sites (N-methyl/N-ethyl adjacent to an activating group) is 1. The number of fused-ring (bicyclic) bond motifs is 5. The Morgan fingerprint density at radius 2 is 1.47 bits per heavy atom. The number of amides is 3. The molecule has 3 saturated carbocycles. The van der Waals surface area contributed by atoms with Crippen molar-refractivity contribution in [1.29, 1.82) is 0 Å². The average Bonchev–Trinajstić information content (AvgIpc) is 0.665. The van der Waals surface area contributed by atoms with Crippen molar-refractivity contribution in [2.24, 2.45) is 22.7 Å². The zero-order valence-corrected chi connectivity index (χ0v) is 51.4. The lowest BCUT2D eigenvalue weighted by atomic mass is 9.40. The zero-order valence-electron chi connectivity index (χ0n) is 51.4. The highest BCUT2D eigenvalue weighted by molar-refractivity contribution is 5.90. The smallest absolute Gasteiger partial charge is 0.408 e. The second kappa shape index (κ2) is 28.9. The largest absolute Gasteiger partial charge is 0.459 e. The molecule has 26 heteroatoms.